The van der Waals surface area contributed by atoms with E-state index in [-0.39, 0.29) is 10.8 Å². The second kappa shape index (κ2) is 7.07. The van der Waals surface area contributed by atoms with Gasteiger partial charge in [0.1, 0.15) is 0 Å². The van der Waals surface area contributed by atoms with Gasteiger partial charge in [-0.25, -0.2) is 8.42 Å². The van der Waals surface area contributed by atoms with Gasteiger partial charge in [-0.05, 0) is 36.6 Å². The standard InChI is InChI=1S/C16H23NO3S/c1-21(19,20)15-10-8-14(9-11-15)17-16(18)12-7-13-5-3-2-4-6-13/h8-11,13H,2-7,12H2,1H3,(H,17,18). The van der Waals surface area contributed by atoms with Gasteiger partial charge in [0.2, 0.25) is 5.91 Å². The molecule has 5 heteroatoms. The predicted octanol–water partition coefficient (Wildman–Crippen LogP) is 3.39. The third kappa shape index (κ3) is 5.16. The number of nitrogens with one attached hydrogen (secondary N) is 1. The van der Waals surface area contributed by atoms with Crippen molar-refractivity contribution < 1.29 is 13.2 Å². The number of hydrogen-bond donors (Lipinski definition) is 1. The van der Waals surface area contributed by atoms with Crippen molar-refractivity contribution in [2.24, 2.45) is 5.92 Å². The van der Waals surface area contributed by atoms with Crippen molar-refractivity contribution in [1.82, 2.24) is 0 Å². The lowest BCUT2D eigenvalue weighted by Gasteiger charge is -2.20. The molecule has 1 aromatic carbocycles. The summed E-state index contributed by atoms with van der Waals surface area (Å²) in [5.41, 5.74) is 0.649. The lowest BCUT2D eigenvalue weighted by atomic mass is 9.86. The lowest BCUT2D eigenvalue weighted by Crippen LogP contribution is -2.14. The van der Waals surface area contributed by atoms with Crippen LogP contribution in [0.3, 0.4) is 0 Å². The van der Waals surface area contributed by atoms with Crippen LogP contribution < -0.4 is 5.32 Å². The zero-order valence-electron chi connectivity index (χ0n) is 12.5. The quantitative estimate of drug-likeness (QED) is 0.907. The van der Waals surface area contributed by atoms with Crippen LogP contribution in [-0.2, 0) is 14.6 Å². The largest absolute Gasteiger partial charge is 0.326 e. The molecule has 4 nitrogen and oxygen atoms in total. The van der Waals surface area contributed by atoms with Crippen molar-refractivity contribution >= 4 is 21.4 Å². The molecule has 1 saturated carbocycles. The van der Waals surface area contributed by atoms with Crippen molar-refractivity contribution in [2.75, 3.05) is 11.6 Å². The predicted molar refractivity (Wildman–Crippen MR) is 84.0 cm³/mol. The van der Waals surface area contributed by atoms with E-state index in [1.54, 1.807) is 12.1 Å². The Labute approximate surface area is 126 Å². The topological polar surface area (TPSA) is 63.2 Å². The Balaban J connectivity index is 1.82. The normalized spacial score (nSPS) is 16.6. The number of sulfone groups is 1. The van der Waals surface area contributed by atoms with Crippen LogP contribution in [0.4, 0.5) is 5.69 Å². The Hall–Kier alpha value is -1.36. The Kier molecular flexibility index (Phi) is 5.39. The third-order valence-corrected chi connectivity index (χ3v) is 5.20. The van der Waals surface area contributed by atoms with Gasteiger partial charge in [0.25, 0.3) is 0 Å². The minimum absolute atomic E-state index is 0.00711. The average molecular weight is 309 g/mol. The number of rotatable bonds is 5. The molecule has 0 spiro atoms. The van der Waals surface area contributed by atoms with E-state index in [1.807, 2.05) is 0 Å². The summed E-state index contributed by atoms with van der Waals surface area (Å²) in [5, 5.41) is 2.83. The van der Waals surface area contributed by atoms with Crippen LogP contribution in [0.5, 0.6) is 0 Å². The molecule has 1 amide bonds. The molecule has 0 bridgehead atoms. The zero-order chi connectivity index (χ0) is 15.3. The van der Waals surface area contributed by atoms with Gasteiger partial charge in [-0.1, -0.05) is 32.1 Å². The molecular formula is C16H23NO3S. The summed E-state index contributed by atoms with van der Waals surface area (Å²) in [6, 6.07) is 6.31. The Bertz CT molecular complexity index is 572. The average Bonchev–Trinajstić information content (AvgIpc) is 2.46. The number of carbonyl (C=O) groups is 1. The number of amides is 1. The molecule has 0 radical (unpaired) electrons. The van der Waals surface area contributed by atoms with Crippen molar-refractivity contribution in [1.29, 1.82) is 0 Å². The maximum Gasteiger partial charge on any atom is 0.224 e. The van der Waals surface area contributed by atoms with Gasteiger partial charge < -0.3 is 5.32 Å². The molecule has 2 rings (SSSR count). The summed E-state index contributed by atoms with van der Waals surface area (Å²) in [4.78, 5) is 12.2. The SMILES string of the molecule is CS(=O)(=O)c1ccc(NC(=O)CCC2CCCCC2)cc1. The third-order valence-electron chi connectivity index (χ3n) is 4.07. The maximum absolute atomic E-state index is 11.9. The van der Waals surface area contributed by atoms with Crippen molar-refractivity contribution in [3.63, 3.8) is 0 Å². The Morgan fingerprint density at radius 3 is 2.33 bits per heavy atom. The highest BCUT2D eigenvalue weighted by Crippen LogP contribution is 2.27. The molecule has 0 aromatic heterocycles. The van der Waals surface area contributed by atoms with Gasteiger partial charge in [-0.15, -0.1) is 0 Å². The van der Waals surface area contributed by atoms with Crippen LogP contribution in [0, 0.1) is 5.92 Å². The number of carbonyl (C=O) groups excluding carboxylic acids is 1. The highest BCUT2D eigenvalue weighted by molar-refractivity contribution is 7.90. The van der Waals surface area contributed by atoms with Gasteiger partial charge in [0, 0.05) is 18.4 Å². The first-order chi connectivity index (χ1) is 9.95. The lowest BCUT2D eigenvalue weighted by molar-refractivity contribution is -0.116. The minimum Gasteiger partial charge on any atom is -0.326 e. The van der Waals surface area contributed by atoms with E-state index in [0.717, 1.165) is 6.42 Å². The Morgan fingerprint density at radius 1 is 1.14 bits per heavy atom. The first-order valence-electron chi connectivity index (χ1n) is 7.55. The van der Waals surface area contributed by atoms with E-state index in [1.165, 1.54) is 50.5 Å². The molecule has 0 heterocycles. The number of benzene rings is 1. The minimum atomic E-state index is -3.19. The molecule has 1 aromatic rings. The highest BCUT2D eigenvalue weighted by Gasteiger charge is 2.15. The number of hydrogen-bond acceptors (Lipinski definition) is 3. The van der Waals surface area contributed by atoms with Crippen molar-refractivity contribution in [2.45, 2.75) is 49.8 Å². The second-order valence-electron chi connectivity index (χ2n) is 5.89. The monoisotopic (exact) mass is 309 g/mol. The maximum atomic E-state index is 11.9. The fourth-order valence-electron chi connectivity index (χ4n) is 2.82. The first kappa shape index (κ1) is 16.0. The summed E-state index contributed by atoms with van der Waals surface area (Å²) < 4.78 is 22.7. The molecule has 21 heavy (non-hydrogen) atoms. The fourth-order valence-corrected chi connectivity index (χ4v) is 3.45. The van der Waals surface area contributed by atoms with Gasteiger partial charge in [0.15, 0.2) is 9.84 Å². The number of anilines is 1. The van der Waals surface area contributed by atoms with Crippen LogP contribution in [0.25, 0.3) is 0 Å². The second-order valence-corrected chi connectivity index (χ2v) is 7.90. The highest BCUT2D eigenvalue weighted by atomic mass is 32.2. The summed E-state index contributed by atoms with van der Waals surface area (Å²) in [6.45, 7) is 0. The first-order valence-corrected chi connectivity index (χ1v) is 9.44. The molecule has 1 fully saturated rings. The van der Waals surface area contributed by atoms with Crippen LogP contribution in [0.1, 0.15) is 44.9 Å². The van der Waals surface area contributed by atoms with E-state index < -0.39 is 9.84 Å². The molecular weight excluding hydrogens is 286 g/mol. The van der Waals surface area contributed by atoms with Gasteiger partial charge in [-0.2, -0.15) is 0 Å². The fraction of sp³-hybridized carbons (Fsp3) is 0.562. The summed E-state index contributed by atoms with van der Waals surface area (Å²) in [6.07, 6.45) is 9.07. The molecule has 1 aliphatic carbocycles. The van der Waals surface area contributed by atoms with E-state index >= 15 is 0 Å². The van der Waals surface area contributed by atoms with Crippen LogP contribution in [0.2, 0.25) is 0 Å². The van der Waals surface area contributed by atoms with E-state index in [2.05, 4.69) is 5.32 Å². The van der Waals surface area contributed by atoms with E-state index in [4.69, 9.17) is 0 Å². The molecule has 0 aliphatic heterocycles. The summed E-state index contributed by atoms with van der Waals surface area (Å²) >= 11 is 0. The van der Waals surface area contributed by atoms with Crippen molar-refractivity contribution in [3.05, 3.63) is 24.3 Å². The van der Waals surface area contributed by atoms with Gasteiger partial charge in [-0.3, -0.25) is 4.79 Å². The Morgan fingerprint density at radius 2 is 1.76 bits per heavy atom. The van der Waals surface area contributed by atoms with Crippen LogP contribution in [0.15, 0.2) is 29.2 Å². The molecule has 116 valence electrons. The van der Waals surface area contributed by atoms with Gasteiger partial charge in [0.05, 0.1) is 4.90 Å². The molecule has 0 saturated heterocycles. The van der Waals surface area contributed by atoms with Gasteiger partial charge >= 0.3 is 0 Å². The molecule has 1 N–H and O–H groups in total. The summed E-state index contributed by atoms with van der Waals surface area (Å²) in [7, 11) is -3.19. The van der Waals surface area contributed by atoms with Crippen LogP contribution >= 0.6 is 0 Å². The zero-order valence-corrected chi connectivity index (χ0v) is 13.3. The van der Waals surface area contributed by atoms with Crippen LogP contribution in [-0.4, -0.2) is 20.6 Å². The van der Waals surface area contributed by atoms with E-state index in [9.17, 15) is 13.2 Å². The molecule has 0 atom stereocenters. The summed E-state index contributed by atoms with van der Waals surface area (Å²) in [5.74, 6) is 0.699. The molecule has 0 unspecified atom stereocenters. The van der Waals surface area contributed by atoms with E-state index in [0.29, 0.717) is 18.0 Å². The smallest absolute Gasteiger partial charge is 0.224 e. The molecule has 1 aliphatic rings. The van der Waals surface area contributed by atoms with Crippen molar-refractivity contribution in [3.8, 4) is 0 Å².